The van der Waals surface area contributed by atoms with Crippen LogP contribution in [0.25, 0.3) is 0 Å². The van der Waals surface area contributed by atoms with Crippen molar-refractivity contribution in [3.05, 3.63) is 5.15 Å². The van der Waals surface area contributed by atoms with E-state index in [0.29, 0.717) is 17.7 Å². The highest BCUT2D eigenvalue weighted by Gasteiger charge is 2.31. The summed E-state index contributed by atoms with van der Waals surface area (Å²) < 4.78 is 8.01. The van der Waals surface area contributed by atoms with Crippen molar-refractivity contribution in [2.75, 3.05) is 18.1 Å². The summed E-state index contributed by atoms with van der Waals surface area (Å²) in [6.45, 7) is 0.722. The molecule has 0 atom stereocenters. The minimum absolute atomic E-state index is 0.129. The molecule has 4 nitrogen and oxygen atoms in total. The van der Waals surface area contributed by atoms with Crippen molar-refractivity contribution in [3.8, 4) is 0 Å². The van der Waals surface area contributed by atoms with Gasteiger partial charge in [0.15, 0.2) is 11.0 Å². The van der Waals surface area contributed by atoms with Gasteiger partial charge < -0.3 is 10.0 Å². The summed E-state index contributed by atoms with van der Waals surface area (Å²) in [5.41, 5.74) is 0. The number of halogens is 1. The summed E-state index contributed by atoms with van der Waals surface area (Å²) in [7, 11) is 0. The monoisotopic (exact) mass is 219 g/mol. The number of hydrogen-bond acceptors (Lipinski definition) is 5. The lowest BCUT2D eigenvalue weighted by Gasteiger charge is -2.20. The van der Waals surface area contributed by atoms with E-state index in [4.69, 9.17) is 16.7 Å². The zero-order valence-corrected chi connectivity index (χ0v) is 8.55. The highest BCUT2D eigenvalue weighted by atomic mass is 35.5. The summed E-state index contributed by atoms with van der Waals surface area (Å²) >= 11 is 6.97. The van der Waals surface area contributed by atoms with Crippen LogP contribution >= 0.6 is 23.3 Å². The van der Waals surface area contributed by atoms with E-state index < -0.39 is 0 Å². The third kappa shape index (κ3) is 1.92. The van der Waals surface area contributed by atoms with E-state index >= 15 is 0 Å². The fourth-order valence-electron chi connectivity index (χ4n) is 1.30. The number of nitrogens with zero attached hydrogens (tertiary/aromatic N) is 3. The molecular weight excluding hydrogens is 210 g/mol. The smallest absolute Gasteiger partial charge is 0.187 e. The normalized spacial score (nSPS) is 16.2. The molecule has 0 aliphatic heterocycles. The minimum Gasteiger partial charge on any atom is -0.395 e. The van der Waals surface area contributed by atoms with E-state index in [1.165, 1.54) is 0 Å². The second-order valence-electron chi connectivity index (χ2n) is 3.03. The first-order valence-electron chi connectivity index (χ1n) is 4.18. The third-order valence-electron chi connectivity index (χ3n) is 2.03. The van der Waals surface area contributed by atoms with Gasteiger partial charge in [0.05, 0.1) is 18.3 Å². The van der Waals surface area contributed by atoms with Gasteiger partial charge in [0, 0.05) is 12.6 Å². The van der Waals surface area contributed by atoms with Crippen LogP contribution in [0.1, 0.15) is 12.8 Å². The predicted octanol–water partition coefficient (Wildman–Crippen LogP) is 1.15. The van der Waals surface area contributed by atoms with Gasteiger partial charge in [0.2, 0.25) is 0 Å². The maximum absolute atomic E-state index is 8.87. The lowest BCUT2D eigenvalue weighted by atomic mass is 10.4. The van der Waals surface area contributed by atoms with E-state index in [9.17, 15) is 0 Å². The molecule has 2 rings (SSSR count). The Hall–Kier alpha value is -0.390. The van der Waals surface area contributed by atoms with Crippen molar-refractivity contribution in [2.24, 2.45) is 0 Å². The van der Waals surface area contributed by atoms with E-state index in [1.807, 2.05) is 4.90 Å². The molecule has 1 aromatic rings. The van der Waals surface area contributed by atoms with Crippen LogP contribution < -0.4 is 4.90 Å². The highest BCUT2D eigenvalue weighted by molar-refractivity contribution is 6.99. The van der Waals surface area contributed by atoms with E-state index in [-0.39, 0.29) is 6.61 Å². The SMILES string of the molecule is OCCN(c1nsnc1Cl)C1CC1. The van der Waals surface area contributed by atoms with Gasteiger partial charge in [-0.15, -0.1) is 0 Å². The lowest BCUT2D eigenvalue weighted by Crippen LogP contribution is -2.29. The first kappa shape index (κ1) is 9.18. The Morgan fingerprint density at radius 1 is 1.54 bits per heavy atom. The van der Waals surface area contributed by atoms with Gasteiger partial charge in [-0.2, -0.15) is 8.75 Å². The Morgan fingerprint density at radius 2 is 2.31 bits per heavy atom. The fourth-order valence-corrected chi connectivity index (χ4v) is 2.06. The molecule has 1 heterocycles. The van der Waals surface area contributed by atoms with Gasteiger partial charge in [0.25, 0.3) is 0 Å². The lowest BCUT2D eigenvalue weighted by molar-refractivity contribution is 0.301. The van der Waals surface area contributed by atoms with Gasteiger partial charge in [-0.3, -0.25) is 0 Å². The topological polar surface area (TPSA) is 49.2 Å². The summed E-state index contributed by atoms with van der Waals surface area (Å²) in [4.78, 5) is 2.03. The maximum Gasteiger partial charge on any atom is 0.187 e. The number of aliphatic hydroxyl groups is 1. The van der Waals surface area contributed by atoms with E-state index in [1.54, 1.807) is 0 Å². The molecule has 0 radical (unpaired) electrons. The highest BCUT2D eigenvalue weighted by Crippen LogP contribution is 2.33. The Labute approximate surface area is 85.5 Å². The van der Waals surface area contributed by atoms with Crippen LogP contribution in [0.4, 0.5) is 5.82 Å². The van der Waals surface area contributed by atoms with Crippen LogP contribution in [-0.4, -0.2) is 33.0 Å². The Bertz CT molecular complexity index is 289. The zero-order valence-electron chi connectivity index (χ0n) is 6.98. The number of aliphatic hydroxyl groups excluding tert-OH is 1. The van der Waals surface area contributed by atoms with Crippen molar-refractivity contribution in [1.82, 2.24) is 8.75 Å². The van der Waals surface area contributed by atoms with Crippen LogP contribution in [0.3, 0.4) is 0 Å². The van der Waals surface area contributed by atoms with Crippen molar-refractivity contribution < 1.29 is 5.11 Å². The van der Waals surface area contributed by atoms with Crippen molar-refractivity contribution in [3.63, 3.8) is 0 Å². The largest absolute Gasteiger partial charge is 0.395 e. The standard InChI is InChI=1S/C7H10ClN3OS/c8-6-7(10-13-9-6)11(3-4-12)5-1-2-5/h5,12H,1-4H2. The number of aromatic nitrogens is 2. The predicted molar refractivity (Wildman–Crippen MR) is 52.4 cm³/mol. The van der Waals surface area contributed by atoms with E-state index in [0.717, 1.165) is 30.4 Å². The van der Waals surface area contributed by atoms with Gasteiger partial charge in [0.1, 0.15) is 0 Å². The average molecular weight is 220 g/mol. The first-order valence-corrected chi connectivity index (χ1v) is 5.29. The molecule has 1 saturated carbocycles. The van der Waals surface area contributed by atoms with Crippen molar-refractivity contribution >= 4 is 29.1 Å². The van der Waals surface area contributed by atoms with Crippen LogP contribution in [0.15, 0.2) is 0 Å². The van der Waals surface area contributed by atoms with Crippen LogP contribution in [0, 0.1) is 0 Å². The molecule has 0 spiro atoms. The molecule has 0 bridgehead atoms. The summed E-state index contributed by atoms with van der Waals surface area (Å²) in [6, 6.07) is 0.508. The van der Waals surface area contributed by atoms with Gasteiger partial charge in [-0.25, -0.2) is 0 Å². The van der Waals surface area contributed by atoms with Crippen LogP contribution in [0.2, 0.25) is 5.15 Å². The molecule has 1 aliphatic carbocycles. The second-order valence-corrected chi connectivity index (χ2v) is 3.91. The molecule has 1 N–H and O–H groups in total. The van der Waals surface area contributed by atoms with Crippen LogP contribution in [-0.2, 0) is 0 Å². The van der Waals surface area contributed by atoms with Crippen LogP contribution in [0.5, 0.6) is 0 Å². The molecule has 0 aromatic carbocycles. The van der Waals surface area contributed by atoms with Crippen molar-refractivity contribution in [1.29, 1.82) is 0 Å². The molecule has 0 saturated heterocycles. The molecule has 1 aromatic heterocycles. The summed E-state index contributed by atoms with van der Waals surface area (Å²) in [5.74, 6) is 0.725. The molecular formula is C7H10ClN3OS. The van der Waals surface area contributed by atoms with Crippen molar-refractivity contribution in [2.45, 2.75) is 18.9 Å². The van der Waals surface area contributed by atoms with E-state index in [2.05, 4.69) is 8.75 Å². The third-order valence-corrected chi connectivity index (χ3v) is 2.91. The first-order chi connectivity index (χ1) is 6.33. The zero-order chi connectivity index (χ0) is 9.26. The molecule has 0 unspecified atom stereocenters. The summed E-state index contributed by atoms with van der Waals surface area (Å²) in [6.07, 6.45) is 2.32. The fraction of sp³-hybridized carbons (Fsp3) is 0.714. The quantitative estimate of drug-likeness (QED) is 0.826. The Kier molecular flexibility index (Phi) is 2.66. The summed E-state index contributed by atoms with van der Waals surface area (Å²) in [5, 5.41) is 9.32. The maximum atomic E-state index is 8.87. The number of rotatable bonds is 4. The molecule has 13 heavy (non-hydrogen) atoms. The number of hydrogen-bond donors (Lipinski definition) is 1. The molecule has 6 heteroatoms. The molecule has 72 valence electrons. The minimum atomic E-state index is 0.129. The van der Waals surface area contributed by atoms with Gasteiger partial charge in [-0.1, -0.05) is 11.6 Å². The molecule has 1 fully saturated rings. The Morgan fingerprint density at radius 3 is 2.77 bits per heavy atom. The van der Waals surface area contributed by atoms with Gasteiger partial charge in [-0.05, 0) is 12.8 Å². The molecule has 1 aliphatic rings. The molecule has 0 amide bonds. The average Bonchev–Trinajstić information content (AvgIpc) is 2.86. The Balaban J connectivity index is 2.14. The second kappa shape index (κ2) is 3.77. The number of anilines is 1. The van der Waals surface area contributed by atoms with Gasteiger partial charge >= 0.3 is 0 Å².